The molecule has 0 N–H and O–H groups in total. The van der Waals surface area contributed by atoms with Gasteiger partial charge in [-0.25, -0.2) is 0 Å². The van der Waals surface area contributed by atoms with Gasteiger partial charge in [0.25, 0.3) is 0 Å². The van der Waals surface area contributed by atoms with Crippen molar-refractivity contribution >= 4 is 17.7 Å². The van der Waals surface area contributed by atoms with Crippen LogP contribution in [0.2, 0.25) is 0 Å². The summed E-state index contributed by atoms with van der Waals surface area (Å²) in [5, 5.41) is 0. The molecular weight excluding hydrogens is 346 g/mol. The number of methoxy groups -OCH3 is 1. The number of nitrogens with zero attached hydrogens (tertiary/aromatic N) is 1. The van der Waals surface area contributed by atoms with Gasteiger partial charge in [-0.2, -0.15) is 11.8 Å². The molecule has 1 saturated carbocycles. The summed E-state index contributed by atoms with van der Waals surface area (Å²) in [5.74, 6) is 4.05. The molecule has 5 heteroatoms. The molecule has 5 rings (SSSR count). The Kier molecular flexibility index (Phi) is 4.20. The van der Waals surface area contributed by atoms with Crippen LogP contribution in [0.4, 0.5) is 0 Å². The molecule has 1 aromatic carbocycles. The van der Waals surface area contributed by atoms with Crippen LogP contribution >= 0.6 is 11.8 Å². The number of amides is 1. The Hall–Kier alpha value is -1.20. The zero-order chi connectivity index (χ0) is 17.7. The number of hydrogen-bond donors (Lipinski definition) is 0. The van der Waals surface area contributed by atoms with Gasteiger partial charge in [-0.05, 0) is 72.3 Å². The lowest BCUT2D eigenvalue weighted by Gasteiger charge is -2.45. The van der Waals surface area contributed by atoms with Gasteiger partial charge in [0.2, 0.25) is 5.91 Å². The molecule has 2 aliphatic heterocycles. The third-order valence-electron chi connectivity index (χ3n) is 7.00. The maximum Gasteiger partial charge on any atom is 0.226 e. The van der Waals surface area contributed by atoms with Gasteiger partial charge >= 0.3 is 0 Å². The summed E-state index contributed by atoms with van der Waals surface area (Å²) in [6.07, 6.45) is 5.59. The number of fused-ring (bicyclic) bond motifs is 3. The standard InChI is InChI=1S/C21H27NO3S/c1-24-15-3-4-16-14(12-15)2-5-18-19(16)25-9-8-22(18)20(23)17-13-21(17)6-10-26-11-7-21/h3-4,12,17-19H,2,5-11,13H2,1H3. The Morgan fingerprint density at radius 3 is 3.00 bits per heavy atom. The monoisotopic (exact) mass is 373 g/mol. The molecular formula is C21H27NO3S. The van der Waals surface area contributed by atoms with E-state index < -0.39 is 0 Å². The summed E-state index contributed by atoms with van der Waals surface area (Å²) < 4.78 is 11.5. The van der Waals surface area contributed by atoms with E-state index in [1.807, 2.05) is 17.8 Å². The smallest absolute Gasteiger partial charge is 0.226 e. The molecule has 140 valence electrons. The SMILES string of the molecule is COc1ccc2c(c1)CCC1C2OCCN1C(=O)C1CC12CCSCC2. The molecule has 1 amide bonds. The first-order valence-electron chi connectivity index (χ1n) is 9.88. The summed E-state index contributed by atoms with van der Waals surface area (Å²) in [6, 6.07) is 6.48. The Morgan fingerprint density at radius 1 is 1.35 bits per heavy atom. The second kappa shape index (κ2) is 6.45. The van der Waals surface area contributed by atoms with E-state index in [0.717, 1.165) is 31.6 Å². The molecule has 2 heterocycles. The van der Waals surface area contributed by atoms with Gasteiger partial charge in [0, 0.05) is 12.5 Å². The van der Waals surface area contributed by atoms with Crippen molar-refractivity contribution in [1.82, 2.24) is 4.90 Å². The van der Waals surface area contributed by atoms with Gasteiger partial charge in [0.1, 0.15) is 11.9 Å². The van der Waals surface area contributed by atoms with Crippen molar-refractivity contribution in [2.75, 3.05) is 31.8 Å². The highest BCUT2D eigenvalue weighted by Gasteiger charge is 2.59. The van der Waals surface area contributed by atoms with Crippen LogP contribution in [0.3, 0.4) is 0 Å². The number of carbonyl (C=O) groups is 1. The van der Waals surface area contributed by atoms with Gasteiger partial charge < -0.3 is 14.4 Å². The highest BCUT2D eigenvalue weighted by Crippen LogP contribution is 2.61. The second-order valence-corrected chi connectivity index (χ2v) is 9.45. The third kappa shape index (κ3) is 2.66. The van der Waals surface area contributed by atoms with Crippen molar-refractivity contribution in [3.05, 3.63) is 29.3 Å². The summed E-state index contributed by atoms with van der Waals surface area (Å²) in [6.45, 7) is 1.40. The number of morpholine rings is 1. The molecule has 0 aromatic heterocycles. The quantitative estimate of drug-likeness (QED) is 0.796. The van der Waals surface area contributed by atoms with E-state index >= 15 is 0 Å². The van der Waals surface area contributed by atoms with Crippen molar-refractivity contribution in [2.45, 2.75) is 44.2 Å². The topological polar surface area (TPSA) is 38.8 Å². The van der Waals surface area contributed by atoms with Crippen LogP contribution in [-0.2, 0) is 16.0 Å². The maximum absolute atomic E-state index is 13.3. The average Bonchev–Trinajstić information content (AvgIpc) is 3.39. The van der Waals surface area contributed by atoms with Crippen LogP contribution < -0.4 is 4.74 Å². The van der Waals surface area contributed by atoms with Crippen LogP contribution in [0, 0.1) is 11.3 Å². The van der Waals surface area contributed by atoms with E-state index in [9.17, 15) is 4.79 Å². The average molecular weight is 374 g/mol. The summed E-state index contributed by atoms with van der Waals surface area (Å²) >= 11 is 2.04. The molecule has 3 atom stereocenters. The highest BCUT2D eigenvalue weighted by atomic mass is 32.2. The molecule has 26 heavy (non-hydrogen) atoms. The molecule has 2 aliphatic carbocycles. The Bertz CT molecular complexity index is 715. The van der Waals surface area contributed by atoms with Crippen LogP contribution in [0.15, 0.2) is 18.2 Å². The zero-order valence-electron chi connectivity index (χ0n) is 15.4. The Labute approximate surface area is 159 Å². The van der Waals surface area contributed by atoms with E-state index in [0.29, 0.717) is 17.9 Å². The van der Waals surface area contributed by atoms with Gasteiger partial charge in [-0.3, -0.25) is 4.79 Å². The maximum atomic E-state index is 13.3. The third-order valence-corrected chi connectivity index (χ3v) is 7.99. The molecule has 0 radical (unpaired) electrons. The minimum atomic E-state index is 0.0268. The lowest BCUT2D eigenvalue weighted by Crippen LogP contribution is -2.52. The van der Waals surface area contributed by atoms with Crippen LogP contribution in [-0.4, -0.2) is 48.6 Å². The van der Waals surface area contributed by atoms with Gasteiger partial charge in [-0.15, -0.1) is 0 Å². The Balaban J connectivity index is 1.36. The minimum Gasteiger partial charge on any atom is -0.497 e. The first-order valence-corrected chi connectivity index (χ1v) is 11.0. The summed E-state index contributed by atoms with van der Waals surface area (Å²) in [7, 11) is 1.71. The highest BCUT2D eigenvalue weighted by molar-refractivity contribution is 7.99. The van der Waals surface area contributed by atoms with Gasteiger partial charge in [-0.1, -0.05) is 6.07 Å². The molecule has 2 saturated heterocycles. The predicted octanol–water partition coefficient (Wildman–Crippen LogP) is 3.44. The van der Waals surface area contributed by atoms with Crippen molar-refractivity contribution in [3.8, 4) is 5.75 Å². The lowest BCUT2D eigenvalue weighted by atomic mass is 9.83. The second-order valence-electron chi connectivity index (χ2n) is 8.23. The molecule has 1 aromatic rings. The van der Waals surface area contributed by atoms with Crippen molar-refractivity contribution in [2.24, 2.45) is 11.3 Å². The molecule has 1 spiro atoms. The van der Waals surface area contributed by atoms with Crippen molar-refractivity contribution in [1.29, 1.82) is 0 Å². The number of ether oxygens (including phenoxy) is 2. The molecule has 4 nitrogen and oxygen atoms in total. The Morgan fingerprint density at radius 2 is 2.19 bits per heavy atom. The summed E-state index contributed by atoms with van der Waals surface area (Å²) in [5.41, 5.74) is 2.90. The minimum absolute atomic E-state index is 0.0268. The van der Waals surface area contributed by atoms with Gasteiger partial charge in [0.15, 0.2) is 0 Å². The van der Waals surface area contributed by atoms with Crippen LogP contribution in [0.5, 0.6) is 5.75 Å². The fraction of sp³-hybridized carbons (Fsp3) is 0.667. The van der Waals surface area contributed by atoms with E-state index in [1.54, 1.807) is 7.11 Å². The molecule has 3 fully saturated rings. The normalized spacial score (nSPS) is 31.9. The van der Waals surface area contributed by atoms with E-state index in [4.69, 9.17) is 9.47 Å². The lowest BCUT2D eigenvalue weighted by molar-refractivity contribution is -0.150. The van der Waals surface area contributed by atoms with E-state index in [1.165, 1.54) is 35.5 Å². The number of thioether (sulfide) groups is 1. The first kappa shape index (κ1) is 16.9. The number of rotatable bonds is 2. The molecule has 0 bridgehead atoms. The van der Waals surface area contributed by atoms with E-state index in [-0.39, 0.29) is 18.1 Å². The number of hydrogen-bond acceptors (Lipinski definition) is 4. The van der Waals surface area contributed by atoms with E-state index in [2.05, 4.69) is 17.0 Å². The fourth-order valence-electron chi connectivity index (χ4n) is 5.33. The number of aryl methyl sites for hydroxylation is 1. The first-order chi connectivity index (χ1) is 12.7. The zero-order valence-corrected chi connectivity index (χ0v) is 16.2. The predicted molar refractivity (Wildman–Crippen MR) is 103 cm³/mol. The van der Waals surface area contributed by atoms with Gasteiger partial charge in [0.05, 0.1) is 19.8 Å². The van der Waals surface area contributed by atoms with Crippen molar-refractivity contribution in [3.63, 3.8) is 0 Å². The molecule has 4 aliphatic rings. The fourth-order valence-corrected chi connectivity index (χ4v) is 6.64. The van der Waals surface area contributed by atoms with Crippen molar-refractivity contribution < 1.29 is 14.3 Å². The van der Waals surface area contributed by atoms with Crippen LogP contribution in [0.25, 0.3) is 0 Å². The largest absolute Gasteiger partial charge is 0.497 e. The number of benzene rings is 1. The summed E-state index contributed by atoms with van der Waals surface area (Å²) in [4.78, 5) is 15.5. The number of carbonyl (C=O) groups excluding carboxylic acids is 1. The van der Waals surface area contributed by atoms with Crippen LogP contribution in [0.1, 0.15) is 42.9 Å². The molecule has 3 unspecified atom stereocenters.